The molecule has 1 amide bonds. The molecule has 4 nitrogen and oxygen atoms in total. The fourth-order valence-electron chi connectivity index (χ4n) is 3.77. The monoisotopic (exact) mass is 361 g/mol. The molecule has 1 heterocycles. The average Bonchev–Trinajstić information content (AvgIpc) is 2.83. The average molecular weight is 362 g/mol. The van der Waals surface area contributed by atoms with Crippen LogP contribution in [0.5, 0.6) is 0 Å². The maximum absolute atomic E-state index is 12.9. The largest absolute Gasteiger partial charge is 0.459 e. The summed E-state index contributed by atoms with van der Waals surface area (Å²) in [7, 11) is 0. The summed E-state index contributed by atoms with van der Waals surface area (Å²) in [5, 5.41) is 3.34. The van der Waals surface area contributed by atoms with Crippen molar-refractivity contribution in [1.82, 2.24) is 5.32 Å². The number of hydrogen-bond acceptors (Lipinski definition) is 3. The summed E-state index contributed by atoms with van der Waals surface area (Å²) in [6.45, 7) is 1.75. The van der Waals surface area contributed by atoms with Crippen LogP contribution in [0.2, 0.25) is 5.02 Å². The molecule has 1 atom stereocenters. The van der Waals surface area contributed by atoms with Gasteiger partial charge in [0.15, 0.2) is 0 Å². The third-order valence-electron chi connectivity index (χ3n) is 5.05. The van der Waals surface area contributed by atoms with Gasteiger partial charge in [-0.05, 0) is 44.2 Å². The summed E-state index contributed by atoms with van der Waals surface area (Å²) < 4.78 is 5.82. The predicted molar refractivity (Wildman–Crippen MR) is 97.2 cm³/mol. The number of amides is 1. The van der Waals surface area contributed by atoms with Crippen LogP contribution in [0.25, 0.3) is 0 Å². The van der Waals surface area contributed by atoms with Crippen molar-refractivity contribution in [3.8, 4) is 0 Å². The highest BCUT2D eigenvalue weighted by atomic mass is 35.5. The summed E-state index contributed by atoms with van der Waals surface area (Å²) in [6, 6.07) is 7.37. The molecule has 1 N–H and O–H groups in total. The summed E-state index contributed by atoms with van der Waals surface area (Å²) in [5.41, 5.74) is 1.89. The summed E-state index contributed by atoms with van der Waals surface area (Å²) in [4.78, 5) is 24.9. The smallest absolute Gasteiger partial charge is 0.336 e. The Morgan fingerprint density at radius 1 is 1.16 bits per heavy atom. The van der Waals surface area contributed by atoms with Gasteiger partial charge in [-0.2, -0.15) is 0 Å². The van der Waals surface area contributed by atoms with Crippen molar-refractivity contribution in [2.45, 2.75) is 63.9 Å². The van der Waals surface area contributed by atoms with Gasteiger partial charge in [0.1, 0.15) is 6.10 Å². The second kappa shape index (κ2) is 8.05. The van der Waals surface area contributed by atoms with Crippen LogP contribution in [0.15, 0.2) is 35.5 Å². The van der Waals surface area contributed by atoms with Gasteiger partial charge in [0, 0.05) is 23.1 Å². The highest BCUT2D eigenvalue weighted by Gasteiger charge is 2.34. The van der Waals surface area contributed by atoms with Crippen molar-refractivity contribution in [1.29, 1.82) is 0 Å². The zero-order chi connectivity index (χ0) is 17.8. The number of carbonyl (C=O) groups is 2. The van der Waals surface area contributed by atoms with Crippen molar-refractivity contribution in [3.63, 3.8) is 0 Å². The highest BCUT2D eigenvalue weighted by Crippen LogP contribution is 2.37. The molecule has 134 valence electrons. The zero-order valence-corrected chi connectivity index (χ0v) is 15.3. The molecule has 5 heteroatoms. The summed E-state index contributed by atoms with van der Waals surface area (Å²) in [5.74, 6) is -0.788. The van der Waals surface area contributed by atoms with Gasteiger partial charge in [-0.15, -0.1) is 0 Å². The molecular formula is C20H24ClNO3. The first-order valence-corrected chi connectivity index (χ1v) is 9.40. The predicted octanol–water partition coefficient (Wildman–Crippen LogP) is 4.48. The fraction of sp³-hybridized carbons (Fsp3) is 0.500. The van der Waals surface area contributed by atoms with Crippen molar-refractivity contribution in [3.05, 3.63) is 46.1 Å². The van der Waals surface area contributed by atoms with Crippen molar-refractivity contribution >= 4 is 23.5 Å². The normalized spacial score (nSPS) is 22.3. The van der Waals surface area contributed by atoms with Gasteiger partial charge < -0.3 is 10.1 Å². The number of benzene rings is 1. The molecule has 2 aliphatic rings. The molecule has 1 saturated carbocycles. The zero-order valence-electron chi connectivity index (χ0n) is 14.5. The third-order valence-corrected chi connectivity index (χ3v) is 5.39. The Hall–Kier alpha value is -1.81. The molecule has 1 aromatic rings. The molecule has 0 unspecified atom stereocenters. The molecular weight excluding hydrogens is 338 g/mol. The number of nitrogens with one attached hydrogen (secondary N) is 1. The molecule has 0 bridgehead atoms. The fourth-order valence-corrected chi connectivity index (χ4v) is 4.04. The van der Waals surface area contributed by atoms with Crippen LogP contribution in [0.4, 0.5) is 0 Å². The van der Waals surface area contributed by atoms with Gasteiger partial charge >= 0.3 is 5.97 Å². The van der Waals surface area contributed by atoms with Crippen LogP contribution in [0.1, 0.15) is 63.4 Å². The van der Waals surface area contributed by atoms with E-state index in [2.05, 4.69) is 5.32 Å². The number of esters is 1. The summed E-state index contributed by atoms with van der Waals surface area (Å²) in [6.07, 6.45) is 6.61. The van der Waals surface area contributed by atoms with E-state index in [0.29, 0.717) is 16.3 Å². The maximum atomic E-state index is 12.9. The highest BCUT2D eigenvalue weighted by molar-refractivity contribution is 6.31. The van der Waals surface area contributed by atoms with Crippen molar-refractivity contribution < 1.29 is 14.3 Å². The van der Waals surface area contributed by atoms with E-state index in [4.69, 9.17) is 16.3 Å². The second-order valence-electron chi connectivity index (χ2n) is 6.88. The topological polar surface area (TPSA) is 55.4 Å². The molecule has 25 heavy (non-hydrogen) atoms. The second-order valence-corrected chi connectivity index (χ2v) is 7.29. The van der Waals surface area contributed by atoms with E-state index in [0.717, 1.165) is 31.2 Å². The number of halogens is 1. The van der Waals surface area contributed by atoms with E-state index < -0.39 is 0 Å². The standard InChI is InChI=1S/C20H24ClNO3/c1-13-19(20(24)25-14-8-4-2-3-5-9-14)16(12-18(23)22-13)15-10-6-7-11-17(15)21/h6-7,10-11,14,16H,2-5,8-9,12H2,1H3,(H,22,23)/t16-/m1/s1. The van der Waals surface area contributed by atoms with Gasteiger partial charge in [-0.3, -0.25) is 4.79 Å². The van der Waals surface area contributed by atoms with E-state index in [1.54, 1.807) is 13.0 Å². The number of allylic oxidation sites excluding steroid dienone is 1. The quantitative estimate of drug-likeness (QED) is 0.637. The van der Waals surface area contributed by atoms with Crippen molar-refractivity contribution in [2.24, 2.45) is 0 Å². The van der Waals surface area contributed by atoms with E-state index in [-0.39, 0.29) is 30.3 Å². The SMILES string of the molecule is CC1=C(C(=O)OC2CCCCCC2)[C@@H](c2ccccc2Cl)CC(=O)N1. The first kappa shape index (κ1) is 18.0. The Balaban J connectivity index is 1.87. The van der Waals surface area contributed by atoms with E-state index >= 15 is 0 Å². The third kappa shape index (κ3) is 4.24. The van der Waals surface area contributed by atoms with Crippen LogP contribution in [-0.2, 0) is 14.3 Å². The lowest BCUT2D eigenvalue weighted by atomic mass is 9.84. The van der Waals surface area contributed by atoms with Gasteiger partial charge in [-0.25, -0.2) is 4.79 Å². The van der Waals surface area contributed by atoms with Crippen LogP contribution in [0.3, 0.4) is 0 Å². The number of hydrogen-bond donors (Lipinski definition) is 1. The molecule has 0 aromatic heterocycles. The van der Waals surface area contributed by atoms with Crippen LogP contribution >= 0.6 is 11.6 Å². The first-order valence-electron chi connectivity index (χ1n) is 9.02. The minimum Gasteiger partial charge on any atom is -0.459 e. The van der Waals surface area contributed by atoms with Crippen LogP contribution in [-0.4, -0.2) is 18.0 Å². The van der Waals surface area contributed by atoms with Gasteiger partial charge in [0.25, 0.3) is 0 Å². The molecule has 1 aliphatic heterocycles. The lowest BCUT2D eigenvalue weighted by Gasteiger charge is -2.28. The van der Waals surface area contributed by atoms with Gasteiger partial charge in [-0.1, -0.05) is 42.6 Å². The lowest BCUT2D eigenvalue weighted by Crippen LogP contribution is -2.35. The van der Waals surface area contributed by atoms with Crippen molar-refractivity contribution in [2.75, 3.05) is 0 Å². The molecule has 0 spiro atoms. The minimum absolute atomic E-state index is 0.0279. The Kier molecular flexibility index (Phi) is 5.79. The van der Waals surface area contributed by atoms with E-state index in [1.165, 1.54) is 12.8 Å². The van der Waals surface area contributed by atoms with E-state index in [9.17, 15) is 9.59 Å². The molecule has 1 aliphatic carbocycles. The Bertz CT molecular complexity index is 690. The minimum atomic E-state index is -0.360. The Morgan fingerprint density at radius 3 is 2.52 bits per heavy atom. The molecule has 0 radical (unpaired) electrons. The van der Waals surface area contributed by atoms with Crippen LogP contribution < -0.4 is 5.32 Å². The van der Waals surface area contributed by atoms with Gasteiger partial charge in [0.2, 0.25) is 5.91 Å². The van der Waals surface area contributed by atoms with Crippen LogP contribution in [0, 0.1) is 0 Å². The molecule has 1 fully saturated rings. The van der Waals surface area contributed by atoms with Gasteiger partial charge in [0.05, 0.1) is 5.57 Å². The lowest BCUT2D eigenvalue weighted by molar-refractivity contribution is -0.145. The first-order chi connectivity index (χ1) is 12.1. The number of carbonyl (C=O) groups excluding carboxylic acids is 2. The molecule has 3 rings (SSSR count). The number of rotatable bonds is 3. The molecule has 0 saturated heterocycles. The Morgan fingerprint density at radius 2 is 1.84 bits per heavy atom. The number of ether oxygens (including phenoxy) is 1. The summed E-state index contributed by atoms with van der Waals surface area (Å²) >= 11 is 6.33. The maximum Gasteiger partial charge on any atom is 0.336 e. The van der Waals surface area contributed by atoms with E-state index in [1.807, 2.05) is 18.2 Å². The molecule has 1 aromatic carbocycles. The Labute approximate surface area is 153 Å².